The molecule has 2 nitrogen and oxygen atoms in total. The lowest BCUT2D eigenvalue weighted by molar-refractivity contribution is 0.337. The summed E-state index contributed by atoms with van der Waals surface area (Å²) < 4.78 is 5.63. The lowest BCUT2D eigenvalue weighted by atomic mass is 10.1. The third-order valence-corrected chi connectivity index (χ3v) is 3.95. The number of benzene rings is 2. The van der Waals surface area contributed by atoms with Crippen molar-refractivity contribution >= 4 is 28.9 Å². The number of hydrogen-bond donors (Lipinski definition) is 1. The molecule has 2 aromatic rings. The van der Waals surface area contributed by atoms with Crippen molar-refractivity contribution in [2.45, 2.75) is 27.3 Å². The average molecular weight is 324 g/mol. The van der Waals surface area contributed by atoms with Crippen LogP contribution in [-0.4, -0.2) is 6.61 Å². The van der Waals surface area contributed by atoms with E-state index >= 15 is 0 Å². The van der Waals surface area contributed by atoms with Gasteiger partial charge < -0.3 is 10.1 Å². The average Bonchev–Trinajstić information content (AvgIpc) is 2.44. The smallest absolute Gasteiger partial charge is 0.142 e. The number of aryl methyl sites for hydroxylation is 1. The van der Waals surface area contributed by atoms with Crippen LogP contribution in [0.5, 0.6) is 5.75 Å². The van der Waals surface area contributed by atoms with Gasteiger partial charge in [0.05, 0.1) is 11.6 Å². The highest BCUT2D eigenvalue weighted by atomic mass is 35.5. The van der Waals surface area contributed by atoms with Crippen molar-refractivity contribution in [2.24, 2.45) is 0 Å². The minimum absolute atomic E-state index is 0.544. The summed E-state index contributed by atoms with van der Waals surface area (Å²) in [6.07, 6.45) is 0. The second-order valence-corrected chi connectivity index (χ2v) is 5.75. The Morgan fingerprint density at radius 1 is 1.14 bits per heavy atom. The Morgan fingerprint density at radius 3 is 2.62 bits per heavy atom. The van der Waals surface area contributed by atoms with Gasteiger partial charge in [0.25, 0.3) is 0 Å². The molecule has 0 atom stereocenters. The largest absolute Gasteiger partial charge is 0.492 e. The second kappa shape index (κ2) is 7.06. The molecule has 21 heavy (non-hydrogen) atoms. The van der Waals surface area contributed by atoms with Crippen LogP contribution in [0.1, 0.15) is 23.6 Å². The Balaban J connectivity index is 2.25. The van der Waals surface area contributed by atoms with E-state index in [2.05, 4.69) is 31.3 Å². The van der Waals surface area contributed by atoms with Gasteiger partial charge in [-0.05, 0) is 50.1 Å². The quantitative estimate of drug-likeness (QED) is 0.770. The highest BCUT2D eigenvalue weighted by molar-refractivity contribution is 6.35. The van der Waals surface area contributed by atoms with Gasteiger partial charge in [0, 0.05) is 22.8 Å². The number of hydrogen-bond acceptors (Lipinski definition) is 2. The first-order chi connectivity index (χ1) is 10.0. The Labute approximate surface area is 136 Å². The van der Waals surface area contributed by atoms with Crippen molar-refractivity contribution in [3.8, 4) is 5.75 Å². The van der Waals surface area contributed by atoms with Crippen LogP contribution in [0.4, 0.5) is 5.69 Å². The highest BCUT2D eigenvalue weighted by Crippen LogP contribution is 2.33. The zero-order chi connectivity index (χ0) is 15.4. The molecule has 112 valence electrons. The third-order valence-electron chi connectivity index (χ3n) is 3.45. The molecule has 0 aliphatic rings. The molecular weight excluding hydrogens is 305 g/mol. The molecular formula is C17H19Cl2NO. The highest BCUT2D eigenvalue weighted by Gasteiger charge is 2.11. The van der Waals surface area contributed by atoms with Gasteiger partial charge in [-0.1, -0.05) is 35.3 Å². The van der Waals surface area contributed by atoms with E-state index in [4.69, 9.17) is 27.9 Å². The molecule has 0 fully saturated rings. The number of rotatable bonds is 5. The van der Waals surface area contributed by atoms with Crippen LogP contribution < -0.4 is 10.1 Å². The van der Waals surface area contributed by atoms with Gasteiger partial charge >= 0.3 is 0 Å². The van der Waals surface area contributed by atoms with Crippen LogP contribution in [-0.2, 0) is 6.54 Å². The van der Waals surface area contributed by atoms with Crippen molar-refractivity contribution in [3.63, 3.8) is 0 Å². The van der Waals surface area contributed by atoms with Crippen LogP contribution >= 0.6 is 23.2 Å². The fourth-order valence-electron chi connectivity index (χ4n) is 2.18. The Bertz CT molecular complexity index is 641. The van der Waals surface area contributed by atoms with Crippen molar-refractivity contribution in [1.82, 2.24) is 0 Å². The maximum Gasteiger partial charge on any atom is 0.142 e. The molecule has 0 spiro atoms. The molecule has 0 aromatic heterocycles. The molecule has 2 rings (SSSR count). The van der Waals surface area contributed by atoms with Crippen LogP contribution in [0.25, 0.3) is 0 Å². The van der Waals surface area contributed by atoms with E-state index in [0.717, 1.165) is 11.3 Å². The van der Waals surface area contributed by atoms with Crippen molar-refractivity contribution in [1.29, 1.82) is 0 Å². The summed E-state index contributed by atoms with van der Waals surface area (Å²) in [5.74, 6) is 0.696. The molecule has 0 heterocycles. The molecule has 1 N–H and O–H groups in total. The van der Waals surface area contributed by atoms with Crippen LogP contribution in [0, 0.1) is 13.8 Å². The minimum Gasteiger partial charge on any atom is -0.492 e. The van der Waals surface area contributed by atoms with Gasteiger partial charge in [-0.25, -0.2) is 0 Å². The van der Waals surface area contributed by atoms with Gasteiger partial charge in [-0.3, -0.25) is 0 Å². The predicted octanol–water partition coefficient (Wildman–Crippen LogP) is 5.62. The van der Waals surface area contributed by atoms with E-state index in [1.807, 2.05) is 19.1 Å². The first kappa shape index (κ1) is 16.0. The van der Waals surface area contributed by atoms with E-state index in [0.29, 0.717) is 28.9 Å². The molecule has 4 heteroatoms. The molecule has 0 saturated heterocycles. The lowest BCUT2D eigenvalue weighted by Gasteiger charge is -2.15. The summed E-state index contributed by atoms with van der Waals surface area (Å²) >= 11 is 12.3. The third kappa shape index (κ3) is 3.84. The molecule has 0 aliphatic carbocycles. The zero-order valence-electron chi connectivity index (χ0n) is 12.5. The molecule has 0 aliphatic heterocycles. The molecule has 0 bridgehead atoms. The van der Waals surface area contributed by atoms with Crippen LogP contribution in [0.15, 0.2) is 30.3 Å². The molecule has 0 radical (unpaired) electrons. The van der Waals surface area contributed by atoms with Crippen molar-refractivity contribution in [3.05, 3.63) is 57.1 Å². The maximum absolute atomic E-state index is 6.21. The SMILES string of the molecule is CCOc1c(Cl)cc(Cl)cc1CNc1cccc(C)c1C. The molecule has 0 saturated carbocycles. The minimum atomic E-state index is 0.544. The summed E-state index contributed by atoms with van der Waals surface area (Å²) in [5, 5.41) is 4.58. The lowest BCUT2D eigenvalue weighted by Crippen LogP contribution is -2.05. The van der Waals surface area contributed by atoms with E-state index in [1.54, 1.807) is 6.07 Å². The summed E-state index contributed by atoms with van der Waals surface area (Å²) in [6, 6.07) is 9.79. The van der Waals surface area contributed by atoms with E-state index in [1.165, 1.54) is 11.1 Å². The first-order valence-electron chi connectivity index (χ1n) is 6.93. The molecule has 2 aromatic carbocycles. The Kier molecular flexibility index (Phi) is 5.38. The summed E-state index contributed by atoms with van der Waals surface area (Å²) in [7, 11) is 0. The number of halogens is 2. The summed E-state index contributed by atoms with van der Waals surface area (Å²) in [4.78, 5) is 0. The second-order valence-electron chi connectivity index (χ2n) is 4.91. The van der Waals surface area contributed by atoms with Gasteiger partial charge in [0.1, 0.15) is 5.75 Å². The van der Waals surface area contributed by atoms with E-state index in [9.17, 15) is 0 Å². The van der Waals surface area contributed by atoms with Crippen molar-refractivity contribution in [2.75, 3.05) is 11.9 Å². The van der Waals surface area contributed by atoms with Crippen LogP contribution in [0.2, 0.25) is 10.0 Å². The van der Waals surface area contributed by atoms with E-state index in [-0.39, 0.29) is 0 Å². The van der Waals surface area contributed by atoms with Crippen molar-refractivity contribution < 1.29 is 4.74 Å². The number of ether oxygens (including phenoxy) is 1. The maximum atomic E-state index is 6.21. The number of anilines is 1. The molecule has 0 amide bonds. The van der Waals surface area contributed by atoms with Gasteiger partial charge in [0.2, 0.25) is 0 Å². The first-order valence-corrected chi connectivity index (χ1v) is 7.69. The van der Waals surface area contributed by atoms with E-state index < -0.39 is 0 Å². The fourth-order valence-corrected chi connectivity index (χ4v) is 2.77. The zero-order valence-corrected chi connectivity index (χ0v) is 14.0. The summed E-state index contributed by atoms with van der Waals surface area (Å²) in [5.41, 5.74) is 4.56. The van der Waals surface area contributed by atoms with Gasteiger partial charge in [-0.2, -0.15) is 0 Å². The Morgan fingerprint density at radius 2 is 1.90 bits per heavy atom. The van der Waals surface area contributed by atoms with Gasteiger partial charge in [0.15, 0.2) is 0 Å². The predicted molar refractivity (Wildman–Crippen MR) is 90.9 cm³/mol. The van der Waals surface area contributed by atoms with Gasteiger partial charge in [-0.15, -0.1) is 0 Å². The fraction of sp³-hybridized carbons (Fsp3) is 0.294. The summed E-state index contributed by atoms with van der Waals surface area (Å²) in [6.45, 7) is 7.32. The topological polar surface area (TPSA) is 21.3 Å². The molecule has 0 unspecified atom stereocenters. The van der Waals surface area contributed by atoms with Crippen LogP contribution in [0.3, 0.4) is 0 Å². The normalized spacial score (nSPS) is 10.5. The number of nitrogens with one attached hydrogen (secondary N) is 1. The Hall–Kier alpha value is -1.38. The monoisotopic (exact) mass is 323 g/mol. The standard InChI is InChI=1S/C17H19Cl2NO/c1-4-21-17-13(8-14(18)9-15(17)19)10-20-16-7-5-6-11(2)12(16)3/h5-9,20H,4,10H2,1-3H3.